The van der Waals surface area contributed by atoms with E-state index in [-0.39, 0.29) is 0 Å². The lowest BCUT2D eigenvalue weighted by atomic mass is 9.66. The number of piperidine rings is 2. The third-order valence-corrected chi connectivity index (χ3v) is 4.27. The maximum Gasteiger partial charge on any atom is 0.0249 e. The third kappa shape index (κ3) is 2.03. The highest BCUT2D eigenvalue weighted by Gasteiger charge is 2.43. The molecule has 0 saturated carbocycles. The largest absolute Gasteiger partial charge is 0.308 e. The predicted octanol–water partition coefficient (Wildman–Crippen LogP) is 3.43. The number of allylic oxidation sites excluding steroid dienone is 1. The summed E-state index contributed by atoms with van der Waals surface area (Å²) in [7, 11) is 0. The van der Waals surface area contributed by atoms with Gasteiger partial charge in [-0.3, -0.25) is 0 Å². The average molecular weight is 205 g/mol. The minimum Gasteiger partial charge on any atom is -0.308 e. The normalized spacial score (nSPS) is 39.7. The molecule has 2 aliphatic heterocycles. The number of rotatable bonds is 4. The van der Waals surface area contributed by atoms with Crippen LogP contribution in [0.15, 0.2) is 25.3 Å². The van der Waals surface area contributed by atoms with Crippen molar-refractivity contribution in [2.75, 3.05) is 0 Å². The topological polar surface area (TPSA) is 12.0 Å². The first-order valence-electron chi connectivity index (χ1n) is 6.30. The van der Waals surface area contributed by atoms with Gasteiger partial charge >= 0.3 is 0 Å². The second kappa shape index (κ2) is 4.52. The van der Waals surface area contributed by atoms with E-state index in [2.05, 4.69) is 30.6 Å². The van der Waals surface area contributed by atoms with Crippen LogP contribution in [0.4, 0.5) is 0 Å². The molecule has 0 aromatic heterocycles. The van der Waals surface area contributed by atoms with E-state index in [9.17, 15) is 0 Å². The molecule has 1 N–H and O–H groups in total. The van der Waals surface area contributed by atoms with Gasteiger partial charge in [0.15, 0.2) is 0 Å². The smallest absolute Gasteiger partial charge is 0.0249 e. The molecule has 3 atom stereocenters. The zero-order valence-corrected chi connectivity index (χ0v) is 9.67. The van der Waals surface area contributed by atoms with E-state index < -0.39 is 0 Å². The summed E-state index contributed by atoms with van der Waals surface area (Å²) in [5, 5.41) is 3.88. The molecule has 2 fully saturated rings. The number of fused-ring (bicyclic) bond motifs is 2. The molecule has 1 nitrogen and oxygen atoms in total. The SMILES string of the molecule is C=CCC1CCC2CCCC1(CC=C)N2. The summed E-state index contributed by atoms with van der Waals surface area (Å²) in [5.41, 5.74) is 0.358. The van der Waals surface area contributed by atoms with Crippen molar-refractivity contribution in [3.8, 4) is 0 Å². The van der Waals surface area contributed by atoms with Gasteiger partial charge in [-0.1, -0.05) is 18.6 Å². The second-order valence-electron chi connectivity index (χ2n) is 5.18. The van der Waals surface area contributed by atoms with Crippen LogP contribution in [-0.2, 0) is 0 Å². The Hall–Kier alpha value is -0.560. The monoisotopic (exact) mass is 205 g/mol. The minimum atomic E-state index is 0.358. The summed E-state index contributed by atoms with van der Waals surface area (Å²) in [6.07, 6.45) is 13.3. The molecule has 0 aromatic carbocycles. The maximum atomic E-state index is 3.93. The van der Waals surface area contributed by atoms with E-state index in [1.54, 1.807) is 0 Å². The summed E-state index contributed by atoms with van der Waals surface area (Å²) in [6, 6.07) is 0.778. The van der Waals surface area contributed by atoms with Crippen LogP contribution >= 0.6 is 0 Å². The van der Waals surface area contributed by atoms with Crippen LogP contribution in [0.1, 0.15) is 44.9 Å². The van der Waals surface area contributed by atoms with Gasteiger partial charge in [0.1, 0.15) is 0 Å². The van der Waals surface area contributed by atoms with Crippen LogP contribution in [0.25, 0.3) is 0 Å². The van der Waals surface area contributed by atoms with E-state index in [1.807, 2.05) is 0 Å². The second-order valence-corrected chi connectivity index (χ2v) is 5.18. The molecule has 84 valence electrons. The van der Waals surface area contributed by atoms with Crippen LogP contribution in [0, 0.1) is 5.92 Å². The van der Waals surface area contributed by atoms with Crippen molar-refractivity contribution >= 4 is 0 Å². The van der Waals surface area contributed by atoms with Gasteiger partial charge in [-0.2, -0.15) is 0 Å². The van der Waals surface area contributed by atoms with Gasteiger partial charge in [-0.15, -0.1) is 13.2 Å². The Morgan fingerprint density at radius 1 is 1.20 bits per heavy atom. The fraction of sp³-hybridized carbons (Fsp3) is 0.714. The summed E-state index contributed by atoms with van der Waals surface area (Å²) in [6.45, 7) is 7.82. The van der Waals surface area contributed by atoms with E-state index in [0.717, 1.165) is 24.8 Å². The molecule has 2 saturated heterocycles. The van der Waals surface area contributed by atoms with Crippen molar-refractivity contribution in [3.63, 3.8) is 0 Å². The van der Waals surface area contributed by atoms with Gasteiger partial charge in [0.05, 0.1) is 0 Å². The van der Waals surface area contributed by atoms with Crippen molar-refractivity contribution in [3.05, 3.63) is 25.3 Å². The van der Waals surface area contributed by atoms with Gasteiger partial charge in [0.2, 0.25) is 0 Å². The molecule has 0 radical (unpaired) electrons. The molecule has 3 unspecified atom stereocenters. The van der Waals surface area contributed by atoms with E-state index in [0.29, 0.717) is 5.54 Å². The predicted molar refractivity (Wildman–Crippen MR) is 65.9 cm³/mol. The van der Waals surface area contributed by atoms with Gasteiger partial charge in [-0.25, -0.2) is 0 Å². The molecule has 1 heteroatoms. The van der Waals surface area contributed by atoms with Gasteiger partial charge in [-0.05, 0) is 44.4 Å². The number of hydrogen-bond donors (Lipinski definition) is 1. The van der Waals surface area contributed by atoms with Crippen molar-refractivity contribution in [2.45, 2.75) is 56.5 Å². The molecule has 15 heavy (non-hydrogen) atoms. The van der Waals surface area contributed by atoms with Crippen molar-refractivity contribution < 1.29 is 0 Å². The lowest BCUT2D eigenvalue weighted by molar-refractivity contribution is 0.0775. The molecular weight excluding hydrogens is 182 g/mol. The van der Waals surface area contributed by atoms with Gasteiger partial charge in [0, 0.05) is 11.6 Å². The maximum absolute atomic E-state index is 3.93. The zero-order valence-electron chi connectivity index (χ0n) is 9.67. The standard InChI is InChI=1S/C14H23N/c1-3-6-12-8-9-13-7-5-11-14(12,15-13)10-4-2/h3-4,12-13,15H,1-2,5-11H2. The highest BCUT2D eigenvalue weighted by Crippen LogP contribution is 2.42. The molecule has 0 aromatic rings. The first-order chi connectivity index (χ1) is 7.30. The lowest BCUT2D eigenvalue weighted by Crippen LogP contribution is -2.60. The Morgan fingerprint density at radius 2 is 2.07 bits per heavy atom. The molecule has 2 rings (SSSR count). The number of nitrogens with one attached hydrogen (secondary N) is 1. The lowest BCUT2D eigenvalue weighted by Gasteiger charge is -2.51. The molecule has 0 spiro atoms. The minimum absolute atomic E-state index is 0.358. The van der Waals surface area contributed by atoms with E-state index >= 15 is 0 Å². The van der Waals surface area contributed by atoms with Crippen LogP contribution < -0.4 is 5.32 Å². The van der Waals surface area contributed by atoms with Gasteiger partial charge < -0.3 is 5.32 Å². The van der Waals surface area contributed by atoms with E-state index in [4.69, 9.17) is 0 Å². The molecule has 2 bridgehead atoms. The summed E-state index contributed by atoms with van der Waals surface area (Å²) in [5.74, 6) is 0.782. The van der Waals surface area contributed by atoms with Crippen molar-refractivity contribution in [1.82, 2.24) is 5.32 Å². The van der Waals surface area contributed by atoms with Gasteiger partial charge in [0.25, 0.3) is 0 Å². The molecule has 2 aliphatic rings. The summed E-state index contributed by atoms with van der Waals surface area (Å²) >= 11 is 0. The zero-order chi connectivity index (χ0) is 10.7. The van der Waals surface area contributed by atoms with Crippen molar-refractivity contribution in [2.24, 2.45) is 5.92 Å². The highest BCUT2D eigenvalue weighted by atomic mass is 15.0. The Morgan fingerprint density at radius 3 is 2.80 bits per heavy atom. The van der Waals surface area contributed by atoms with Crippen LogP contribution in [0.3, 0.4) is 0 Å². The average Bonchev–Trinajstić information content (AvgIpc) is 2.24. The Balaban J connectivity index is 2.15. The van der Waals surface area contributed by atoms with Crippen LogP contribution in [0.5, 0.6) is 0 Å². The number of hydrogen-bond acceptors (Lipinski definition) is 1. The Kier molecular flexibility index (Phi) is 3.30. The highest BCUT2D eigenvalue weighted by molar-refractivity contribution is 5.07. The van der Waals surface area contributed by atoms with E-state index in [1.165, 1.54) is 32.1 Å². The Labute approximate surface area is 93.6 Å². The van der Waals surface area contributed by atoms with Crippen LogP contribution in [0.2, 0.25) is 0 Å². The first kappa shape index (κ1) is 10.9. The quantitative estimate of drug-likeness (QED) is 0.693. The van der Waals surface area contributed by atoms with Crippen LogP contribution in [-0.4, -0.2) is 11.6 Å². The first-order valence-corrected chi connectivity index (χ1v) is 6.30. The molecule has 0 amide bonds. The molecular formula is C14H23N. The Bertz CT molecular complexity index is 246. The summed E-state index contributed by atoms with van der Waals surface area (Å²) in [4.78, 5) is 0. The fourth-order valence-electron chi connectivity index (χ4n) is 3.56. The summed E-state index contributed by atoms with van der Waals surface area (Å²) < 4.78 is 0. The van der Waals surface area contributed by atoms with Crippen molar-refractivity contribution in [1.29, 1.82) is 0 Å². The fourth-order valence-corrected chi connectivity index (χ4v) is 3.56. The third-order valence-electron chi connectivity index (χ3n) is 4.27. The molecule has 0 aliphatic carbocycles. The molecule has 2 heterocycles.